The van der Waals surface area contributed by atoms with Gasteiger partial charge in [-0.25, -0.2) is 8.78 Å². The second-order valence-electron chi connectivity index (χ2n) is 4.36. The molecule has 0 saturated carbocycles. The highest BCUT2D eigenvalue weighted by Crippen LogP contribution is 2.29. The number of hydrogen-bond donors (Lipinski definition) is 1. The first-order chi connectivity index (χ1) is 8.49. The Kier molecular flexibility index (Phi) is 3.42. The van der Waals surface area contributed by atoms with E-state index in [4.69, 9.17) is 5.73 Å². The number of non-ortho nitro benzene ring substituents is 1. The van der Waals surface area contributed by atoms with Crippen LogP contribution in [0.15, 0.2) is 12.1 Å². The van der Waals surface area contributed by atoms with E-state index >= 15 is 0 Å². The van der Waals surface area contributed by atoms with Crippen LogP contribution < -0.4 is 10.6 Å². The molecule has 0 radical (unpaired) electrons. The molecule has 18 heavy (non-hydrogen) atoms. The number of nitrogens with two attached hydrogens (primary N) is 1. The van der Waals surface area contributed by atoms with E-state index in [9.17, 15) is 18.9 Å². The molecule has 1 aliphatic rings. The summed E-state index contributed by atoms with van der Waals surface area (Å²) in [6, 6.07) is 1.34. The molecule has 0 spiro atoms. The lowest BCUT2D eigenvalue weighted by Gasteiger charge is -2.32. The van der Waals surface area contributed by atoms with Crippen molar-refractivity contribution in [3.05, 3.63) is 33.9 Å². The Morgan fingerprint density at radius 1 is 1.39 bits per heavy atom. The van der Waals surface area contributed by atoms with Crippen molar-refractivity contribution in [3.8, 4) is 0 Å². The highest BCUT2D eigenvalue weighted by Gasteiger charge is 2.25. The molecule has 0 bridgehead atoms. The average molecular weight is 257 g/mol. The summed E-state index contributed by atoms with van der Waals surface area (Å²) in [5, 5.41) is 10.5. The van der Waals surface area contributed by atoms with E-state index in [0.29, 0.717) is 13.1 Å². The predicted molar refractivity (Wildman–Crippen MR) is 62.4 cm³/mol. The Labute approximate surface area is 102 Å². The summed E-state index contributed by atoms with van der Waals surface area (Å²) in [5.74, 6) is -1.84. The lowest BCUT2D eigenvalue weighted by atomic mass is 10.1. The zero-order chi connectivity index (χ0) is 13.3. The first kappa shape index (κ1) is 12.7. The molecule has 1 aromatic rings. The summed E-state index contributed by atoms with van der Waals surface area (Å²) in [6.45, 7) is 0.852. The Balaban J connectivity index is 2.36. The molecule has 0 aromatic heterocycles. The molecule has 0 amide bonds. The normalized spacial score (nSPS) is 19.9. The van der Waals surface area contributed by atoms with Crippen molar-refractivity contribution >= 4 is 11.4 Å². The number of piperidine rings is 1. The maximum atomic E-state index is 13.8. The van der Waals surface area contributed by atoms with Gasteiger partial charge in [0, 0.05) is 19.1 Å². The van der Waals surface area contributed by atoms with Gasteiger partial charge in [-0.2, -0.15) is 0 Å². The Hall–Kier alpha value is -1.76. The molecule has 1 fully saturated rings. The molecule has 2 N–H and O–H groups in total. The fourth-order valence-electron chi connectivity index (χ4n) is 2.17. The number of nitro groups is 1. The van der Waals surface area contributed by atoms with E-state index < -0.39 is 22.2 Å². The number of halogens is 2. The standard InChI is InChI=1S/C11H13F2N3O2/c12-9-4-8(16(17)18)5-10(13)11(9)15-3-1-2-7(14)6-15/h4-5,7H,1-3,6,14H2. The summed E-state index contributed by atoms with van der Waals surface area (Å²) in [4.78, 5) is 11.2. The summed E-state index contributed by atoms with van der Waals surface area (Å²) < 4.78 is 27.5. The first-order valence-corrected chi connectivity index (χ1v) is 5.63. The molecule has 2 rings (SSSR count). The molecule has 0 aliphatic carbocycles. The van der Waals surface area contributed by atoms with Crippen molar-refractivity contribution < 1.29 is 13.7 Å². The highest BCUT2D eigenvalue weighted by atomic mass is 19.1. The Morgan fingerprint density at radius 3 is 2.50 bits per heavy atom. The molecule has 1 saturated heterocycles. The number of benzene rings is 1. The molecular weight excluding hydrogens is 244 g/mol. The lowest BCUT2D eigenvalue weighted by Crippen LogP contribution is -2.43. The van der Waals surface area contributed by atoms with Crippen LogP contribution in [-0.4, -0.2) is 24.1 Å². The van der Waals surface area contributed by atoms with Gasteiger partial charge in [-0.3, -0.25) is 10.1 Å². The zero-order valence-corrected chi connectivity index (χ0v) is 9.60. The predicted octanol–water partition coefficient (Wildman–Crippen LogP) is 1.80. The molecule has 1 heterocycles. The number of nitrogens with zero attached hydrogens (tertiary/aromatic N) is 2. The van der Waals surface area contributed by atoms with Crippen molar-refractivity contribution in [2.24, 2.45) is 5.73 Å². The van der Waals surface area contributed by atoms with E-state index in [1.807, 2.05) is 0 Å². The van der Waals surface area contributed by atoms with Crippen LogP contribution in [0.2, 0.25) is 0 Å². The van der Waals surface area contributed by atoms with Crippen molar-refractivity contribution in [3.63, 3.8) is 0 Å². The maximum Gasteiger partial charge on any atom is 0.275 e. The Bertz CT molecular complexity index is 458. The zero-order valence-electron chi connectivity index (χ0n) is 9.60. The van der Waals surface area contributed by atoms with Gasteiger partial charge in [0.05, 0.1) is 17.1 Å². The fourth-order valence-corrected chi connectivity index (χ4v) is 2.17. The smallest absolute Gasteiger partial charge is 0.275 e. The minimum absolute atomic E-state index is 0.132. The van der Waals surface area contributed by atoms with Gasteiger partial charge in [0.2, 0.25) is 0 Å². The van der Waals surface area contributed by atoms with Crippen LogP contribution in [0.4, 0.5) is 20.2 Å². The van der Waals surface area contributed by atoms with E-state index in [2.05, 4.69) is 0 Å². The number of anilines is 1. The van der Waals surface area contributed by atoms with Gasteiger partial charge in [0.25, 0.3) is 5.69 Å². The van der Waals surface area contributed by atoms with E-state index in [0.717, 1.165) is 25.0 Å². The van der Waals surface area contributed by atoms with Crippen LogP contribution in [0, 0.1) is 21.7 Å². The lowest BCUT2D eigenvalue weighted by molar-refractivity contribution is -0.385. The van der Waals surface area contributed by atoms with E-state index in [1.54, 1.807) is 0 Å². The molecule has 1 atom stereocenters. The van der Waals surface area contributed by atoms with Gasteiger partial charge < -0.3 is 10.6 Å². The van der Waals surface area contributed by atoms with Gasteiger partial charge in [0.15, 0.2) is 11.6 Å². The second-order valence-corrected chi connectivity index (χ2v) is 4.36. The minimum atomic E-state index is -0.921. The first-order valence-electron chi connectivity index (χ1n) is 5.63. The minimum Gasteiger partial charge on any atom is -0.365 e. The van der Waals surface area contributed by atoms with Crippen LogP contribution in [0.5, 0.6) is 0 Å². The van der Waals surface area contributed by atoms with Gasteiger partial charge >= 0.3 is 0 Å². The fraction of sp³-hybridized carbons (Fsp3) is 0.455. The summed E-state index contributed by atoms with van der Waals surface area (Å²) >= 11 is 0. The maximum absolute atomic E-state index is 13.8. The van der Waals surface area contributed by atoms with Crippen LogP contribution in [0.25, 0.3) is 0 Å². The molecule has 1 aliphatic heterocycles. The number of rotatable bonds is 2. The van der Waals surface area contributed by atoms with Crippen molar-refractivity contribution in [2.45, 2.75) is 18.9 Å². The van der Waals surface area contributed by atoms with Gasteiger partial charge in [-0.05, 0) is 12.8 Å². The molecule has 7 heteroatoms. The third-order valence-corrected chi connectivity index (χ3v) is 2.99. The van der Waals surface area contributed by atoms with Crippen LogP contribution >= 0.6 is 0 Å². The Morgan fingerprint density at radius 2 is 2.00 bits per heavy atom. The molecule has 5 nitrogen and oxygen atoms in total. The van der Waals surface area contributed by atoms with Crippen molar-refractivity contribution in [2.75, 3.05) is 18.0 Å². The monoisotopic (exact) mass is 257 g/mol. The highest BCUT2D eigenvalue weighted by molar-refractivity contribution is 5.54. The summed E-state index contributed by atoms with van der Waals surface area (Å²) in [7, 11) is 0. The SMILES string of the molecule is NC1CCCN(c2c(F)cc([N+](=O)[O-])cc2F)C1. The van der Waals surface area contributed by atoms with Crippen LogP contribution in [0.3, 0.4) is 0 Å². The molecule has 1 unspecified atom stereocenters. The second kappa shape index (κ2) is 4.85. The number of nitro benzene ring substituents is 1. The van der Waals surface area contributed by atoms with Gasteiger partial charge in [-0.15, -0.1) is 0 Å². The molecule has 1 aromatic carbocycles. The van der Waals surface area contributed by atoms with Crippen molar-refractivity contribution in [1.82, 2.24) is 0 Å². The number of hydrogen-bond acceptors (Lipinski definition) is 4. The van der Waals surface area contributed by atoms with Crippen LogP contribution in [-0.2, 0) is 0 Å². The molecular formula is C11H13F2N3O2. The average Bonchev–Trinajstić information content (AvgIpc) is 2.27. The third-order valence-electron chi connectivity index (χ3n) is 2.99. The third kappa shape index (κ3) is 2.40. The van der Waals surface area contributed by atoms with Crippen molar-refractivity contribution in [1.29, 1.82) is 0 Å². The van der Waals surface area contributed by atoms with Gasteiger partial charge in [0.1, 0.15) is 5.69 Å². The largest absolute Gasteiger partial charge is 0.365 e. The van der Waals surface area contributed by atoms with Crippen LogP contribution in [0.1, 0.15) is 12.8 Å². The summed E-state index contributed by atoms with van der Waals surface area (Å²) in [5.41, 5.74) is 4.93. The summed E-state index contributed by atoms with van der Waals surface area (Å²) in [6.07, 6.45) is 1.56. The van der Waals surface area contributed by atoms with E-state index in [1.165, 1.54) is 4.90 Å². The van der Waals surface area contributed by atoms with E-state index in [-0.39, 0.29) is 11.7 Å². The quantitative estimate of drug-likeness (QED) is 0.647. The van der Waals surface area contributed by atoms with Gasteiger partial charge in [-0.1, -0.05) is 0 Å². The molecule has 98 valence electrons. The topological polar surface area (TPSA) is 72.4 Å².